The fraction of sp³-hybridized carbons (Fsp3) is 0. The maximum absolute atomic E-state index is 4.02. The first-order chi connectivity index (χ1) is 4.47. The summed E-state index contributed by atoms with van der Waals surface area (Å²) in [7, 11) is 0. The van der Waals surface area contributed by atoms with Gasteiger partial charge in [0, 0.05) is 6.20 Å². The van der Waals surface area contributed by atoms with E-state index in [1.165, 1.54) is 0 Å². The Hall–Kier alpha value is -1.38. The lowest BCUT2D eigenvalue weighted by atomic mass is 10.6. The van der Waals surface area contributed by atoms with E-state index in [0.29, 0.717) is 0 Å². The van der Waals surface area contributed by atoms with Crippen molar-refractivity contribution in [1.29, 1.82) is 0 Å². The zero-order chi connectivity index (χ0) is 6.10. The molecule has 0 saturated carbocycles. The molecule has 2 aromatic rings. The molecule has 1 radical (unpaired) electrons. The maximum atomic E-state index is 4.02. The summed E-state index contributed by atoms with van der Waals surface area (Å²) in [5.74, 6) is 0. The van der Waals surface area contributed by atoms with Gasteiger partial charge in [0.1, 0.15) is 6.20 Å². The van der Waals surface area contributed by atoms with Crippen molar-refractivity contribution in [2.24, 2.45) is 0 Å². The van der Waals surface area contributed by atoms with Crippen molar-refractivity contribution in [2.45, 2.75) is 0 Å². The molecule has 0 spiro atoms. The van der Waals surface area contributed by atoms with Crippen LogP contribution in [0.15, 0.2) is 24.7 Å². The van der Waals surface area contributed by atoms with Crippen LogP contribution in [0.3, 0.4) is 0 Å². The number of fused-ring (bicyclic) bond motifs is 1. The SMILES string of the molecule is [c]1cnc2cc[nH][n+]2c1. The monoisotopic (exact) mass is 119 g/mol. The van der Waals surface area contributed by atoms with E-state index >= 15 is 0 Å². The van der Waals surface area contributed by atoms with Crippen molar-refractivity contribution in [3.8, 4) is 0 Å². The Bertz CT molecular complexity index is 282. The Morgan fingerprint density at radius 2 is 2.67 bits per heavy atom. The van der Waals surface area contributed by atoms with Gasteiger partial charge in [-0.15, -0.1) is 4.52 Å². The van der Waals surface area contributed by atoms with E-state index in [1.807, 2.05) is 12.3 Å². The van der Waals surface area contributed by atoms with Crippen LogP contribution in [-0.2, 0) is 0 Å². The molecule has 0 atom stereocenters. The number of hydrogen-bond donors (Lipinski definition) is 1. The lowest BCUT2D eigenvalue weighted by Crippen LogP contribution is -2.22. The van der Waals surface area contributed by atoms with Gasteiger partial charge in [0.05, 0.1) is 12.1 Å². The largest absolute Gasteiger partial charge is 0.347 e. The van der Waals surface area contributed by atoms with Crippen LogP contribution < -0.4 is 4.52 Å². The third kappa shape index (κ3) is 0.579. The van der Waals surface area contributed by atoms with Crippen molar-refractivity contribution >= 4 is 5.65 Å². The second-order valence-corrected chi connectivity index (χ2v) is 1.74. The highest BCUT2D eigenvalue weighted by Gasteiger charge is 1.97. The van der Waals surface area contributed by atoms with Crippen LogP contribution in [0, 0.1) is 6.07 Å². The molecule has 1 N–H and O–H groups in total. The highest BCUT2D eigenvalue weighted by Crippen LogP contribution is 1.83. The number of H-pyrrole nitrogens is 1. The quantitative estimate of drug-likeness (QED) is 0.484. The standard InChI is InChI=1S/C6H4N3/c1-3-7-6-2-4-8-9(6)5-1/h2-5H/p+1. The smallest absolute Gasteiger partial charge is 0.231 e. The van der Waals surface area contributed by atoms with Crippen molar-refractivity contribution in [3.63, 3.8) is 0 Å². The molecule has 9 heavy (non-hydrogen) atoms. The number of hydrogen-bond acceptors (Lipinski definition) is 1. The van der Waals surface area contributed by atoms with Gasteiger partial charge in [-0.25, -0.2) is 5.10 Å². The minimum absolute atomic E-state index is 0.911. The van der Waals surface area contributed by atoms with Gasteiger partial charge >= 0.3 is 5.65 Å². The normalized spacial score (nSPS) is 10.2. The molecular formula is C6H5N3+. The highest BCUT2D eigenvalue weighted by molar-refractivity contribution is 5.24. The van der Waals surface area contributed by atoms with E-state index in [1.54, 1.807) is 16.9 Å². The summed E-state index contributed by atoms with van der Waals surface area (Å²) in [6.07, 6.45) is 5.27. The van der Waals surface area contributed by atoms with Gasteiger partial charge in [0.2, 0.25) is 0 Å². The lowest BCUT2D eigenvalue weighted by Gasteiger charge is -1.74. The molecule has 0 aromatic carbocycles. The average Bonchev–Trinajstić information content (AvgIpc) is 2.33. The topological polar surface area (TPSA) is 32.8 Å². The molecule has 0 fully saturated rings. The van der Waals surface area contributed by atoms with E-state index in [2.05, 4.69) is 16.1 Å². The molecule has 2 heterocycles. The summed E-state index contributed by atoms with van der Waals surface area (Å²) in [6.45, 7) is 0. The van der Waals surface area contributed by atoms with Gasteiger partial charge in [-0.1, -0.05) is 0 Å². The van der Waals surface area contributed by atoms with Gasteiger partial charge in [0.15, 0.2) is 6.20 Å². The van der Waals surface area contributed by atoms with Crippen LogP contribution in [0.2, 0.25) is 0 Å². The number of nitrogens with one attached hydrogen (secondary N) is 1. The first-order valence-electron chi connectivity index (χ1n) is 2.68. The number of nitrogens with zero attached hydrogens (tertiary/aromatic N) is 2. The molecule has 3 nitrogen and oxygen atoms in total. The van der Waals surface area contributed by atoms with Crippen LogP contribution in [-0.4, -0.2) is 10.1 Å². The Morgan fingerprint density at radius 1 is 1.67 bits per heavy atom. The lowest BCUT2D eigenvalue weighted by molar-refractivity contribution is -0.579. The van der Waals surface area contributed by atoms with E-state index in [4.69, 9.17) is 0 Å². The fourth-order valence-electron chi connectivity index (χ4n) is 0.758. The Morgan fingerprint density at radius 3 is 3.56 bits per heavy atom. The summed E-state index contributed by atoms with van der Waals surface area (Å²) in [6, 6.07) is 4.74. The summed E-state index contributed by atoms with van der Waals surface area (Å²) in [5, 5.41) is 2.94. The minimum atomic E-state index is 0.911. The van der Waals surface area contributed by atoms with Crippen molar-refractivity contribution in [2.75, 3.05) is 0 Å². The van der Waals surface area contributed by atoms with Crippen LogP contribution in [0.5, 0.6) is 0 Å². The van der Waals surface area contributed by atoms with E-state index < -0.39 is 0 Å². The first-order valence-corrected chi connectivity index (χ1v) is 2.68. The molecular weight excluding hydrogens is 114 g/mol. The zero-order valence-electron chi connectivity index (χ0n) is 4.70. The third-order valence-electron chi connectivity index (χ3n) is 1.17. The van der Waals surface area contributed by atoms with Gasteiger partial charge in [-0.3, -0.25) is 0 Å². The average molecular weight is 119 g/mol. The van der Waals surface area contributed by atoms with Crippen molar-refractivity contribution < 1.29 is 4.52 Å². The maximum Gasteiger partial charge on any atom is 0.347 e. The summed E-state index contributed by atoms with van der Waals surface area (Å²) >= 11 is 0. The molecule has 0 unspecified atom stereocenters. The number of aromatic amines is 1. The molecule has 0 aliphatic heterocycles. The van der Waals surface area contributed by atoms with Crippen LogP contribution in [0.1, 0.15) is 0 Å². The van der Waals surface area contributed by atoms with Gasteiger partial charge in [0.25, 0.3) is 0 Å². The second-order valence-electron chi connectivity index (χ2n) is 1.74. The van der Waals surface area contributed by atoms with Crippen molar-refractivity contribution in [1.82, 2.24) is 10.1 Å². The number of rotatable bonds is 0. The summed E-state index contributed by atoms with van der Waals surface area (Å²) < 4.78 is 1.79. The molecule has 0 aliphatic carbocycles. The third-order valence-corrected chi connectivity index (χ3v) is 1.17. The second kappa shape index (κ2) is 1.55. The summed E-state index contributed by atoms with van der Waals surface area (Å²) in [4.78, 5) is 4.02. The van der Waals surface area contributed by atoms with Crippen molar-refractivity contribution in [3.05, 3.63) is 30.7 Å². The molecule has 0 saturated heterocycles. The van der Waals surface area contributed by atoms with Crippen LogP contribution in [0.4, 0.5) is 0 Å². The molecule has 0 amide bonds. The highest BCUT2D eigenvalue weighted by atomic mass is 15.2. The molecule has 0 bridgehead atoms. The zero-order valence-corrected chi connectivity index (χ0v) is 4.70. The molecule has 0 aliphatic rings. The predicted octanol–water partition coefficient (Wildman–Crippen LogP) is -0.0514. The van der Waals surface area contributed by atoms with Gasteiger partial charge < -0.3 is 0 Å². The molecule has 2 aromatic heterocycles. The van der Waals surface area contributed by atoms with E-state index in [0.717, 1.165) is 5.65 Å². The Labute approximate surface area is 52.0 Å². The molecule has 3 heteroatoms. The Kier molecular flexibility index (Phi) is 0.773. The van der Waals surface area contributed by atoms with Gasteiger partial charge in [-0.05, 0) is 4.98 Å². The van der Waals surface area contributed by atoms with E-state index in [-0.39, 0.29) is 0 Å². The van der Waals surface area contributed by atoms with Crippen LogP contribution >= 0.6 is 0 Å². The van der Waals surface area contributed by atoms with E-state index in [9.17, 15) is 0 Å². The molecule has 2 rings (SSSR count). The minimum Gasteiger partial charge on any atom is -0.231 e. The van der Waals surface area contributed by atoms with Gasteiger partial charge in [-0.2, -0.15) is 0 Å². The number of aromatic nitrogens is 3. The predicted molar refractivity (Wildman–Crippen MR) is 30.6 cm³/mol. The first kappa shape index (κ1) is 4.49. The Balaban J connectivity index is 2.95. The molecule has 43 valence electrons. The fourth-order valence-corrected chi connectivity index (χ4v) is 0.758. The van der Waals surface area contributed by atoms with Crippen LogP contribution in [0.25, 0.3) is 5.65 Å². The summed E-state index contributed by atoms with van der Waals surface area (Å²) in [5.41, 5.74) is 0.911.